The normalized spacial score (nSPS) is 12.7. The number of benzene rings is 2. The average Bonchev–Trinajstić information content (AvgIpc) is 2.89. The highest BCUT2D eigenvalue weighted by atomic mass is 35.5. The van der Waals surface area contributed by atoms with Crippen LogP contribution in [-0.2, 0) is 14.3 Å². The summed E-state index contributed by atoms with van der Waals surface area (Å²) in [5.41, 5.74) is 1.67. The Kier molecular flexibility index (Phi) is 5.23. The second-order valence-electron chi connectivity index (χ2n) is 5.86. The van der Waals surface area contributed by atoms with E-state index >= 15 is 0 Å². The number of carbonyl (C=O) groups excluding carboxylic acids is 4. The zero-order valence-electron chi connectivity index (χ0n) is 14.3. The topological polar surface area (TPSA) is 92.8 Å². The smallest absolute Gasteiger partial charge is 0.326 e. The van der Waals surface area contributed by atoms with E-state index in [1.54, 1.807) is 37.3 Å². The minimum atomic E-state index is -0.859. The van der Waals surface area contributed by atoms with E-state index in [2.05, 4.69) is 5.32 Å². The van der Waals surface area contributed by atoms with Crippen molar-refractivity contribution in [1.29, 1.82) is 0 Å². The lowest BCUT2D eigenvalue weighted by atomic mass is 10.1. The molecule has 0 aromatic heterocycles. The molecule has 1 aliphatic heterocycles. The fraction of sp³-hybridized carbons (Fsp3) is 0.158. The lowest BCUT2D eigenvalue weighted by Crippen LogP contribution is -2.36. The maximum absolute atomic E-state index is 12.2. The van der Waals surface area contributed by atoms with Gasteiger partial charge in [0.15, 0.2) is 6.61 Å². The summed E-state index contributed by atoms with van der Waals surface area (Å²) < 4.78 is 4.87. The number of fused-ring (bicyclic) bond motifs is 1. The number of nitrogens with one attached hydrogen (secondary N) is 1. The summed E-state index contributed by atoms with van der Waals surface area (Å²) in [6, 6.07) is 11.3. The average molecular weight is 387 g/mol. The molecule has 0 aliphatic carbocycles. The van der Waals surface area contributed by atoms with Crippen molar-refractivity contribution in [1.82, 2.24) is 4.90 Å². The van der Waals surface area contributed by atoms with Crippen molar-refractivity contribution in [2.24, 2.45) is 0 Å². The van der Waals surface area contributed by atoms with Crippen LogP contribution in [0.2, 0.25) is 5.02 Å². The Morgan fingerprint density at radius 3 is 2.30 bits per heavy atom. The molecule has 8 heteroatoms. The Labute approximate surface area is 159 Å². The van der Waals surface area contributed by atoms with Crippen molar-refractivity contribution in [2.45, 2.75) is 6.92 Å². The van der Waals surface area contributed by atoms with Crippen molar-refractivity contribution in [3.63, 3.8) is 0 Å². The SMILES string of the molecule is Cc1c(Cl)cccc1NC(=O)COC(=O)CN1C(=O)c2ccccc2C1=O. The molecule has 0 spiro atoms. The first kappa shape index (κ1) is 18.6. The predicted molar refractivity (Wildman–Crippen MR) is 97.6 cm³/mol. The number of ether oxygens (including phenoxy) is 1. The molecule has 27 heavy (non-hydrogen) atoms. The van der Waals surface area contributed by atoms with E-state index in [0.717, 1.165) is 4.90 Å². The van der Waals surface area contributed by atoms with Crippen molar-refractivity contribution in [2.75, 3.05) is 18.5 Å². The highest BCUT2D eigenvalue weighted by Crippen LogP contribution is 2.23. The number of hydrogen-bond donors (Lipinski definition) is 1. The summed E-state index contributed by atoms with van der Waals surface area (Å²) >= 11 is 5.98. The van der Waals surface area contributed by atoms with E-state index in [1.807, 2.05) is 0 Å². The Bertz CT molecular complexity index is 922. The van der Waals surface area contributed by atoms with Gasteiger partial charge in [-0.1, -0.05) is 29.8 Å². The first-order valence-corrected chi connectivity index (χ1v) is 8.42. The van der Waals surface area contributed by atoms with E-state index in [-0.39, 0.29) is 11.1 Å². The fourth-order valence-corrected chi connectivity index (χ4v) is 2.81. The number of amides is 3. The van der Waals surface area contributed by atoms with Gasteiger partial charge in [0.1, 0.15) is 6.54 Å². The molecular weight excluding hydrogens is 372 g/mol. The maximum atomic E-state index is 12.2. The zero-order chi connectivity index (χ0) is 19.6. The molecule has 138 valence electrons. The first-order valence-electron chi connectivity index (χ1n) is 8.04. The summed E-state index contributed by atoms with van der Waals surface area (Å²) in [5.74, 6) is -2.54. The molecule has 3 rings (SSSR count). The van der Waals surface area contributed by atoms with Gasteiger partial charge >= 0.3 is 5.97 Å². The predicted octanol–water partition coefficient (Wildman–Crippen LogP) is 2.43. The molecule has 1 heterocycles. The third kappa shape index (κ3) is 3.83. The van der Waals surface area contributed by atoms with E-state index in [1.165, 1.54) is 12.1 Å². The van der Waals surface area contributed by atoms with Crippen LogP contribution in [0.4, 0.5) is 5.69 Å². The van der Waals surface area contributed by atoms with E-state index < -0.39 is 36.8 Å². The summed E-state index contributed by atoms with van der Waals surface area (Å²) in [4.78, 5) is 49.1. The molecule has 0 unspecified atom stereocenters. The van der Waals surface area contributed by atoms with Gasteiger partial charge in [-0.3, -0.25) is 24.1 Å². The van der Waals surface area contributed by atoms with Crippen molar-refractivity contribution in [3.05, 3.63) is 64.2 Å². The lowest BCUT2D eigenvalue weighted by molar-refractivity contribution is -0.147. The summed E-state index contributed by atoms with van der Waals surface area (Å²) in [7, 11) is 0. The molecule has 1 aliphatic rings. The summed E-state index contributed by atoms with van der Waals surface area (Å²) in [6.45, 7) is 0.635. The molecule has 2 aromatic carbocycles. The van der Waals surface area contributed by atoms with Crippen LogP contribution in [0.1, 0.15) is 26.3 Å². The van der Waals surface area contributed by atoms with Gasteiger partial charge in [0, 0.05) is 10.7 Å². The van der Waals surface area contributed by atoms with Crippen LogP contribution in [0.3, 0.4) is 0 Å². The van der Waals surface area contributed by atoms with E-state index in [4.69, 9.17) is 16.3 Å². The van der Waals surface area contributed by atoms with Crippen molar-refractivity contribution in [3.8, 4) is 0 Å². The Morgan fingerprint density at radius 1 is 1.04 bits per heavy atom. The fourth-order valence-electron chi connectivity index (χ4n) is 2.63. The molecule has 0 saturated heterocycles. The Balaban J connectivity index is 1.55. The van der Waals surface area contributed by atoms with Crippen LogP contribution in [0.25, 0.3) is 0 Å². The summed E-state index contributed by atoms with van der Waals surface area (Å²) in [6.07, 6.45) is 0. The van der Waals surface area contributed by atoms with Gasteiger partial charge in [-0.15, -0.1) is 0 Å². The number of rotatable bonds is 5. The number of esters is 1. The van der Waals surface area contributed by atoms with Crippen LogP contribution < -0.4 is 5.32 Å². The standard InChI is InChI=1S/C19H15ClN2O5/c1-11-14(20)7-4-8-15(11)21-16(23)10-27-17(24)9-22-18(25)12-5-2-3-6-13(12)19(22)26/h2-8H,9-10H2,1H3,(H,21,23). The largest absolute Gasteiger partial charge is 0.454 e. The molecule has 0 bridgehead atoms. The molecule has 0 radical (unpaired) electrons. The molecule has 1 N–H and O–H groups in total. The molecule has 2 aromatic rings. The highest BCUT2D eigenvalue weighted by molar-refractivity contribution is 6.31. The molecule has 0 saturated carbocycles. The zero-order valence-corrected chi connectivity index (χ0v) is 15.1. The minimum Gasteiger partial charge on any atom is -0.454 e. The molecule has 7 nitrogen and oxygen atoms in total. The quantitative estimate of drug-likeness (QED) is 0.629. The summed E-state index contributed by atoms with van der Waals surface area (Å²) in [5, 5.41) is 3.08. The lowest BCUT2D eigenvalue weighted by Gasteiger charge is -2.13. The number of anilines is 1. The van der Waals surface area contributed by atoms with Crippen LogP contribution in [-0.4, -0.2) is 41.7 Å². The Morgan fingerprint density at radius 2 is 1.67 bits per heavy atom. The first-order chi connectivity index (χ1) is 12.9. The highest BCUT2D eigenvalue weighted by Gasteiger charge is 2.36. The number of carbonyl (C=O) groups is 4. The van der Waals surface area contributed by atoms with Crippen LogP contribution in [0.15, 0.2) is 42.5 Å². The minimum absolute atomic E-state index is 0.240. The molecule has 0 atom stereocenters. The van der Waals surface area contributed by atoms with Crippen molar-refractivity contribution >= 4 is 41.0 Å². The van der Waals surface area contributed by atoms with E-state index in [0.29, 0.717) is 16.3 Å². The second-order valence-corrected chi connectivity index (χ2v) is 6.27. The van der Waals surface area contributed by atoms with Crippen LogP contribution in [0.5, 0.6) is 0 Å². The van der Waals surface area contributed by atoms with Crippen LogP contribution in [0, 0.1) is 6.92 Å². The number of nitrogens with zero attached hydrogens (tertiary/aromatic N) is 1. The third-order valence-corrected chi connectivity index (χ3v) is 4.48. The number of imide groups is 1. The monoisotopic (exact) mass is 386 g/mol. The van der Waals surface area contributed by atoms with Gasteiger partial charge in [0.05, 0.1) is 11.1 Å². The Hall–Kier alpha value is -3.19. The van der Waals surface area contributed by atoms with Gasteiger partial charge in [-0.25, -0.2) is 0 Å². The van der Waals surface area contributed by atoms with Gasteiger partial charge < -0.3 is 10.1 Å². The second kappa shape index (κ2) is 7.59. The third-order valence-electron chi connectivity index (χ3n) is 4.07. The van der Waals surface area contributed by atoms with E-state index in [9.17, 15) is 19.2 Å². The number of hydrogen-bond acceptors (Lipinski definition) is 5. The van der Waals surface area contributed by atoms with Gasteiger partial charge in [-0.2, -0.15) is 0 Å². The van der Waals surface area contributed by atoms with Crippen LogP contribution >= 0.6 is 11.6 Å². The maximum Gasteiger partial charge on any atom is 0.326 e. The molecule has 0 fully saturated rings. The number of halogens is 1. The van der Waals surface area contributed by atoms with Gasteiger partial charge in [0.25, 0.3) is 17.7 Å². The molecule has 3 amide bonds. The van der Waals surface area contributed by atoms with Crippen molar-refractivity contribution < 1.29 is 23.9 Å². The molecular formula is C19H15ClN2O5. The van der Waals surface area contributed by atoms with Gasteiger partial charge in [0.2, 0.25) is 0 Å². The van der Waals surface area contributed by atoms with Gasteiger partial charge in [-0.05, 0) is 36.8 Å².